The van der Waals surface area contributed by atoms with E-state index in [0.29, 0.717) is 58.3 Å². The highest BCUT2D eigenvalue weighted by Gasteiger charge is 2.21. The van der Waals surface area contributed by atoms with Gasteiger partial charge in [-0.15, -0.1) is 0 Å². The van der Waals surface area contributed by atoms with Gasteiger partial charge in [0.15, 0.2) is 11.5 Å². The van der Waals surface area contributed by atoms with Crippen molar-refractivity contribution in [1.29, 1.82) is 0 Å². The van der Waals surface area contributed by atoms with Crippen LogP contribution in [0.4, 0.5) is 11.4 Å². The minimum Gasteiger partial charge on any atom is -0.462 e. The molecule has 0 aliphatic heterocycles. The van der Waals surface area contributed by atoms with Gasteiger partial charge in [0.25, 0.3) is 11.8 Å². The maximum absolute atomic E-state index is 13.9. The average Bonchev–Trinajstić information content (AvgIpc) is 3.29. The molecule has 0 aromatic heterocycles. The van der Waals surface area contributed by atoms with Crippen LogP contribution in [-0.4, -0.2) is 45.4 Å². The van der Waals surface area contributed by atoms with Crippen molar-refractivity contribution in [2.24, 2.45) is 0 Å². The van der Waals surface area contributed by atoms with Gasteiger partial charge in [0.05, 0.1) is 34.4 Å². The number of hydrogen-bond acceptors (Lipinski definition) is 10. The van der Waals surface area contributed by atoms with Crippen molar-refractivity contribution in [3.8, 4) is 23.0 Å². The van der Waals surface area contributed by atoms with E-state index in [1.807, 2.05) is 52.0 Å². The molecular formula is C54H52N2O10S. The number of nitrogens with one attached hydrogen (secondary N) is 2. The van der Waals surface area contributed by atoms with E-state index in [4.69, 9.17) is 18.9 Å². The van der Waals surface area contributed by atoms with Gasteiger partial charge in [-0.2, -0.15) is 0 Å². The van der Waals surface area contributed by atoms with E-state index in [1.165, 1.54) is 48.5 Å². The molecular weight excluding hydrogens is 869 g/mol. The second kappa shape index (κ2) is 21.5. The van der Waals surface area contributed by atoms with Crippen LogP contribution in [0.25, 0.3) is 0 Å². The smallest absolute Gasteiger partial charge is 0.333 e. The van der Waals surface area contributed by atoms with E-state index in [9.17, 15) is 27.6 Å². The molecule has 13 heteroatoms. The van der Waals surface area contributed by atoms with Crippen molar-refractivity contribution in [2.75, 3.05) is 23.8 Å². The molecule has 6 aromatic rings. The number of aryl methyl sites for hydroxylation is 4. The Morgan fingerprint density at radius 1 is 0.507 bits per heavy atom. The number of anilines is 2. The molecule has 12 nitrogen and oxygen atoms in total. The third-order valence-electron chi connectivity index (χ3n) is 10.5. The van der Waals surface area contributed by atoms with E-state index >= 15 is 0 Å². The molecule has 6 aromatic carbocycles. The first-order chi connectivity index (χ1) is 31.9. The molecule has 0 heterocycles. The molecule has 0 bridgehead atoms. The quantitative estimate of drug-likeness (QED) is 0.0626. The first-order valence-corrected chi connectivity index (χ1v) is 22.9. The fourth-order valence-electron chi connectivity index (χ4n) is 6.71. The molecule has 0 saturated carbocycles. The lowest BCUT2D eigenvalue weighted by Crippen LogP contribution is -2.15. The number of carbonyl (C=O) groups is 4. The van der Waals surface area contributed by atoms with Crippen molar-refractivity contribution in [3.63, 3.8) is 0 Å². The van der Waals surface area contributed by atoms with E-state index < -0.39 is 21.8 Å². The van der Waals surface area contributed by atoms with Gasteiger partial charge in [0.2, 0.25) is 9.84 Å². The minimum atomic E-state index is -4.00. The van der Waals surface area contributed by atoms with Crippen LogP contribution in [-0.2, 0) is 41.7 Å². The Balaban J connectivity index is 1.19. The zero-order valence-electron chi connectivity index (χ0n) is 38.3. The molecule has 0 atom stereocenters. The van der Waals surface area contributed by atoms with Crippen LogP contribution in [0.15, 0.2) is 155 Å². The lowest BCUT2D eigenvalue weighted by Gasteiger charge is -2.16. The first-order valence-electron chi connectivity index (χ1n) is 21.4. The fourth-order valence-corrected chi connectivity index (χ4v) is 7.97. The molecule has 0 aliphatic carbocycles. The number of benzene rings is 6. The molecule has 0 saturated heterocycles. The lowest BCUT2D eigenvalue weighted by atomic mass is 10.0. The van der Waals surface area contributed by atoms with Crippen molar-refractivity contribution in [3.05, 3.63) is 190 Å². The van der Waals surface area contributed by atoms with E-state index in [0.717, 1.165) is 33.4 Å². The third kappa shape index (κ3) is 12.7. The Labute approximate surface area is 391 Å². The van der Waals surface area contributed by atoms with Gasteiger partial charge < -0.3 is 29.6 Å². The molecule has 344 valence electrons. The highest BCUT2D eigenvalue weighted by molar-refractivity contribution is 7.91. The Morgan fingerprint density at radius 3 is 1.24 bits per heavy atom. The summed E-state index contributed by atoms with van der Waals surface area (Å²) in [7, 11) is -4.00. The Hall–Kier alpha value is -7.77. The van der Waals surface area contributed by atoms with E-state index in [-0.39, 0.29) is 46.0 Å². The van der Waals surface area contributed by atoms with Gasteiger partial charge >= 0.3 is 11.9 Å². The van der Waals surface area contributed by atoms with Gasteiger partial charge in [-0.05, 0) is 149 Å². The van der Waals surface area contributed by atoms with Gasteiger partial charge in [-0.1, -0.05) is 60.7 Å². The van der Waals surface area contributed by atoms with Gasteiger partial charge in [0, 0.05) is 35.1 Å². The first kappa shape index (κ1) is 48.7. The molecule has 2 amide bonds. The monoisotopic (exact) mass is 920 g/mol. The van der Waals surface area contributed by atoms with Gasteiger partial charge in [-0.25, -0.2) is 18.0 Å². The highest BCUT2D eigenvalue weighted by atomic mass is 32.2. The molecule has 6 rings (SSSR count). The lowest BCUT2D eigenvalue weighted by molar-refractivity contribution is -0.139. The predicted molar refractivity (Wildman–Crippen MR) is 258 cm³/mol. The maximum atomic E-state index is 13.9. The summed E-state index contributed by atoms with van der Waals surface area (Å²) in [6, 6.07) is 33.4. The number of amides is 2. The predicted octanol–water partition coefficient (Wildman–Crippen LogP) is 11.2. The number of esters is 2. The molecule has 0 spiro atoms. The number of hydrogen-bond donors (Lipinski definition) is 2. The summed E-state index contributed by atoms with van der Waals surface area (Å²) in [6.45, 7) is 18.1. The number of ether oxygens (including phenoxy) is 4. The number of carbonyl (C=O) groups excluding carboxylic acids is 4. The average molecular weight is 921 g/mol. The topological polar surface area (TPSA) is 163 Å². The van der Waals surface area contributed by atoms with E-state index in [2.05, 4.69) is 23.8 Å². The molecule has 0 aliphatic rings. The normalized spacial score (nSPS) is 11.0. The van der Waals surface area contributed by atoms with Crippen LogP contribution in [0.1, 0.15) is 67.9 Å². The van der Waals surface area contributed by atoms with E-state index in [1.54, 1.807) is 62.4 Å². The molecule has 2 N–H and O–H groups in total. The SMILES string of the molecule is C=C(C)C(=O)OCCc1ccc(Oc2ccc(S(=O)(=O)c3ccc(Oc4ccc(CCOC(=O)C(=C)C)cc4NC(=O)c4cc(C)ccc4C)cc3)cc2)c(NC(=O)c2cc(C)ccc2C)c1. The van der Waals surface area contributed by atoms with Crippen LogP contribution in [0.2, 0.25) is 0 Å². The summed E-state index contributed by atoms with van der Waals surface area (Å²) in [6.07, 6.45) is 0.730. The van der Waals surface area contributed by atoms with Crippen molar-refractivity contribution < 1.29 is 46.5 Å². The largest absolute Gasteiger partial charge is 0.462 e. The van der Waals surface area contributed by atoms with Crippen molar-refractivity contribution in [2.45, 2.75) is 64.2 Å². The number of sulfone groups is 1. The van der Waals surface area contributed by atoms with Gasteiger partial charge in [0.1, 0.15) is 11.5 Å². The summed E-state index contributed by atoms with van der Waals surface area (Å²) in [5.74, 6) is -0.447. The van der Waals surface area contributed by atoms with Crippen LogP contribution < -0.4 is 20.1 Å². The highest BCUT2D eigenvalue weighted by Crippen LogP contribution is 2.35. The van der Waals surface area contributed by atoms with Crippen LogP contribution in [0.3, 0.4) is 0 Å². The molecule has 0 radical (unpaired) electrons. The number of rotatable bonds is 18. The summed E-state index contributed by atoms with van der Waals surface area (Å²) in [4.78, 5) is 51.0. The Bertz CT molecular complexity index is 2800. The zero-order valence-corrected chi connectivity index (χ0v) is 39.1. The zero-order chi connectivity index (χ0) is 48.4. The van der Waals surface area contributed by atoms with Crippen LogP contribution in [0.5, 0.6) is 23.0 Å². The molecule has 0 unspecified atom stereocenters. The maximum Gasteiger partial charge on any atom is 0.333 e. The second-order valence-electron chi connectivity index (χ2n) is 16.2. The van der Waals surface area contributed by atoms with Crippen LogP contribution in [0, 0.1) is 27.7 Å². The van der Waals surface area contributed by atoms with Crippen molar-refractivity contribution >= 4 is 45.0 Å². The molecule has 67 heavy (non-hydrogen) atoms. The Kier molecular flexibility index (Phi) is 15.6. The van der Waals surface area contributed by atoms with Crippen molar-refractivity contribution in [1.82, 2.24) is 0 Å². The standard InChI is InChI=1S/C54H52N2O10S/c1-33(2)53(59)63-27-25-39-13-23-49(47(31-39)55-51(57)45-29-35(5)9-11-37(45)7)65-41-15-19-43(20-16-41)67(61,62)44-21-17-42(18-22-44)66-50-24-14-40(26-28-64-54(60)34(3)4)32-48(50)56-52(58)46-30-36(6)10-12-38(46)8/h9-24,29-32H,1,3,25-28H2,2,4-8H3,(H,55,57)(H,56,58). The molecule has 0 fully saturated rings. The van der Waals surface area contributed by atoms with Gasteiger partial charge in [-0.3, -0.25) is 9.59 Å². The second-order valence-corrected chi connectivity index (χ2v) is 18.1. The van der Waals surface area contributed by atoms with Crippen LogP contribution >= 0.6 is 0 Å². The Morgan fingerprint density at radius 2 is 0.881 bits per heavy atom. The fraction of sp³-hybridized carbons (Fsp3) is 0.185. The summed E-state index contributed by atoms with van der Waals surface area (Å²) < 4.78 is 50.7. The summed E-state index contributed by atoms with van der Waals surface area (Å²) >= 11 is 0. The summed E-state index contributed by atoms with van der Waals surface area (Å²) in [5, 5.41) is 5.92. The third-order valence-corrected chi connectivity index (χ3v) is 12.3. The summed E-state index contributed by atoms with van der Waals surface area (Å²) in [5.41, 5.74) is 7.26. The minimum absolute atomic E-state index is 0.0117.